The molecule has 0 aromatic carbocycles. The molecule has 2 atom stereocenters. The maximum Gasteiger partial charge on any atom is 0.335 e. The first-order valence-corrected chi connectivity index (χ1v) is 7.82. The highest BCUT2D eigenvalue weighted by atomic mass is 16.6. The average molecular weight is 294 g/mol. The number of hydrogen-bond acceptors (Lipinski definition) is 4. The summed E-state index contributed by atoms with van der Waals surface area (Å²) in [5.41, 5.74) is 0. The molecular weight excluding hydrogens is 268 g/mol. The molecule has 5 nitrogen and oxygen atoms in total. The summed E-state index contributed by atoms with van der Waals surface area (Å²) in [6.45, 7) is 5.82. The first-order chi connectivity index (χ1) is 9.99. The zero-order valence-corrected chi connectivity index (χ0v) is 13.4. The number of nitrogens with zero attached hydrogens (tertiary/aromatic N) is 2. The van der Waals surface area contributed by atoms with E-state index < -0.39 is 6.10 Å². The maximum absolute atomic E-state index is 12.3. The van der Waals surface area contributed by atoms with E-state index in [1.807, 2.05) is 31.7 Å². The van der Waals surface area contributed by atoms with Crippen LogP contribution in [0.5, 0.6) is 0 Å². The largest absolute Gasteiger partial charge is 0.452 e. The number of aromatic nitrogens is 2. The number of hydrogen-bond donors (Lipinski definition) is 0. The van der Waals surface area contributed by atoms with Gasteiger partial charge in [-0.3, -0.25) is 0 Å². The Morgan fingerprint density at radius 3 is 2.52 bits per heavy atom. The van der Waals surface area contributed by atoms with Crippen LogP contribution in [0.2, 0.25) is 0 Å². The molecule has 0 N–H and O–H groups in total. The van der Waals surface area contributed by atoms with Gasteiger partial charge in [0.1, 0.15) is 5.82 Å². The second kappa shape index (κ2) is 7.07. The monoisotopic (exact) mass is 294 g/mol. The summed E-state index contributed by atoms with van der Waals surface area (Å²) in [6, 6.07) is 0. The van der Waals surface area contributed by atoms with E-state index in [2.05, 4.69) is 4.98 Å². The quantitative estimate of drug-likeness (QED) is 0.757. The van der Waals surface area contributed by atoms with Crippen molar-refractivity contribution in [3.8, 4) is 0 Å². The molecular formula is C16H26N2O3. The van der Waals surface area contributed by atoms with Crippen LogP contribution in [0.25, 0.3) is 0 Å². The topological polar surface area (TPSA) is 53.4 Å². The van der Waals surface area contributed by atoms with E-state index in [0.717, 1.165) is 18.7 Å². The number of aryl methyl sites for hydroxylation is 1. The first-order valence-electron chi connectivity index (χ1n) is 7.82. The fourth-order valence-corrected chi connectivity index (χ4v) is 2.73. The molecule has 1 heterocycles. The standard InChI is InChI=1S/C16H26N2O3/c1-11(2)14(15-17-9-10-18(15)4)21-16(19)12(3)20-13-7-5-6-8-13/h9-14H,5-8H2,1-4H3/t12-,14+/m1/s1. The lowest BCUT2D eigenvalue weighted by molar-refractivity contribution is -0.168. The number of carbonyl (C=O) groups excluding carboxylic acids is 1. The summed E-state index contributed by atoms with van der Waals surface area (Å²) in [5, 5.41) is 0. The molecule has 1 fully saturated rings. The van der Waals surface area contributed by atoms with Gasteiger partial charge >= 0.3 is 5.97 Å². The van der Waals surface area contributed by atoms with E-state index in [0.29, 0.717) is 0 Å². The van der Waals surface area contributed by atoms with Gasteiger partial charge in [-0.05, 0) is 25.7 Å². The van der Waals surface area contributed by atoms with Gasteiger partial charge in [0.15, 0.2) is 12.2 Å². The van der Waals surface area contributed by atoms with Crippen molar-refractivity contribution in [2.45, 2.75) is 64.8 Å². The Morgan fingerprint density at radius 1 is 1.33 bits per heavy atom. The SMILES string of the molecule is CC(C)[C@H](OC(=O)[C@@H](C)OC1CCCC1)c1nccn1C. The minimum Gasteiger partial charge on any atom is -0.452 e. The van der Waals surface area contributed by atoms with E-state index in [-0.39, 0.29) is 24.1 Å². The molecule has 0 aliphatic heterocycles. The van der Waals surface area contributed by atoms with Gasteiger partial charge in [0.05, 0.1) is 6.10 Å². The molecule has 0 spiro atoms. The predicted molar refractivity (Wildman–Crippen MR) is 79.7 cm³/mol. The maximum atomic E-state index is 12.3. The lowest BCUT2D eigenvalue weighted by Crippen LogP contribution is -2.30. The normalized spacial score (nSPS) is 18.9. The first kappa shape index (κ1) is 16.0. The summed E-state index contributed by atoms with van der Waals surface area (Å²) in [4.78, 5) is 16.6. The van der Waals surface area contributed by atoms with Crippen molar-refractivity contribution < 1.29 is 14.3 Å². The van der Waals surface area contributed by atoms with Crippen molar-refractivity contribution >= 4 is 5.97 Å². The summed E-state index contributed by atoms with van der Waals surface area (Å²) < 4.78 is 13.4. The molecule has 21 heavy (non-hydrogen) atoms. The van der Waals surface area contributed by atoms with Gasteiger partial charge in [-0.25, -0.2) is 9.78 Å². The van der Waals surface area contributed by atoms with Crippen molar-refractivity contribution in [3.05, 3.63) is 18.2 Å². The molecule has 0 unspecified atom stereocenters. The van der Waals surface area contributed by atoms with E-state index in [9.17, 15) is 4.79 Å². The van der Waals surface area contributed by atoms with Crippen molar-refractivity contribution in [2.24, 2.45) is 13.0 Å². The third kappa shape index (κ3) is 4.06. The molecule has 5 heteroatoms. The Morgan fingerprint density at radius 2 is 2.00 bits per heavy atom. The van der Waals surface area contributed by atoms with Gasteiger partial charge in [-0.2, -0.15) is 0 Å². The molecule has 0 saturated heterocycles. The van der Waals surface area contributed by atoms with E-state index in [1.165, 1.54) is 12.8 Å². The van der Waals surface area contributed by atoms with Gasteiger partial charge in [0, 0.05) is 19.4 Å². The van der Waals surface area contributed by atoms with Crippen molar-refractivity contribution in [3.63, 3.8) is 0 Å². The molecule has 1 saturated carbocycles. The third-order valence-corrected chi connectivity index (χ3v) is 3.99. The Kier molecular flexibility index (Phi) is 5.39. The molecule has 0 amide bonds. The Labute approximate surface area is 126 Å². The van der Waals surface area contributed by atoms with Gasteiger partial charge in [0.25, 0.3) is 0 Å². The molecule has 118 valence electrons. The minimum atomic E-state index is -0.519. The van der Waals surface area contributed by atoms with Crippen LogP contribution in [0, 0.1) is 5.92 Å². The van der Waals surface area contributed by atoms with E-state index >= 15 is 0 Å². The van der Waals surface area contributed by atoms with E-state index in [1.54, 1.807) is 13.1 Å². The van der Waals surface area contributed by atoms with Crippen LogP contribution in [0.1, 0.15) is 58.4 Å². The summed E-state index contributed by atoms with van der Waals surface area (Å²) in [6.07, 6.45) is 7.39. The number of imidazole rings is 1. The predicted octanol–water partition coefficient (Wildman–Crippen LogP) is 3.01. The molecule has 1 aliphatic rings. The highest BCUT2D eigenvalue weighted by Crippen LogP contribution is 2.26. The molecule has 0 radical (unpaired) electrons. The summed E-state index contributed by atoms with van der Waals surface area (Å²) in [5.74, 6) is 0.628. The Hall–Kier alpha value is -1.36. The second-order valence-corrected chi connectivity index (χ2v) is 6.18. The number of ether oxygens (including phenoxy) is 2. The zero-order chi connectivity index (χ0) is 15.4. The molecule has 1 aromatic heterocycles. The van der Waals surface area contributed by atoms with Crippen LogP contribution in [0.4, 0.5) is 0 Å². The lowest BCUT2D eigenvalue weighted by Gasteiger charge is -2.24. The Bertz CT molecular complexity index is 464. The number of esters is 1. The molecule has 1 aliphatic carbocycles. The van der Waals surface area contributed by atoms with Gasteiger partial charge < -0.3 is 14.0 Å². The summed E-state index contributed by atoms with van der Waals surface area (Å²) in [7, 11) is 1.91. The van der Waals surface area contributed by atoms with Crippen LogP contribution in [-0.2, 0) is 21.3 Å². The fraction of sp³-hybridized carbons (Fsp3) is 0.750. The van der Waals surface area contributed by atoms with Crippen LogP contribution in [-0.4, -0.2) is 27.7 Å². The zero-order valence-electron chi connectivity index (χ0n) is 13.4. The fourth-order valence-electron chi connectivity index (χ4n) is 2.73. The molecule has 2 rings (SSSR count). The number of rotatable bonds is 6. The highest BCUT2D eigenvalue weighted by molar-refractivity contribution is 5.74. The summed E-state index contributed by atoms with van der Waals surface area (Å²) >= 11 is 0. The second-order valence-electron chi connectivity index (χ2n) is 6.18. The van der Waals surface area contributed by atoms with Crippen molar-refractivity contribution in [2.75, 3.05) is 0 Å². The van der Waals surface area contributed by atoms with Crippen LogP contribution < -0.4 is 0 Å². The number of carbonyl (C=O) groups is 1. The Balaban J connectivity index is 1.96. The smallest absolute Gasteiger partial charge is 0.335 e. The average Bonchev–Trinajstić information content (AvgIpc) is 3.07. The van der Waals surface area contributed by atoms with E-state index in [4.69, 9.17) is 9.47 Å². The third-order valence-electron chi connectivity index (χ3n) is 3.99. The van der Waals surface area contributed by atoms with Gasteiger partial charge in [0.2, 0.25) is 0 Å². The van der Waals surface area contributed by atoms with Crippen LogP contribution in [0.3, 0.4) is 0 Å². The molecule has 1 aromatic rings. The van der Waals surface area contributed by atoms with Crippen LogP contribution >= 0.6 is 0 Å². The lowest BCUT2D eigenvalue weighted by atomic mass is 10.1. The van der Waals surface area contributed by atoms with Crippen LogP contribution in [0.15, 0.2) is 12.4 Å². The molecule has 0 bridgehead atoms. The highest BCUT2D eigenvalue weighted by Gasteiger charge is 2.29. The minimum absolute atomic E-state index is 0.161. The van der Waals surface area contributed by atoms with Crippen molar-refractivity contribution in [1.82, 2.24) is 9.55 Å². The van der Waals surface area contributed by atoms with Gasteiger partial charge in [-0.15, -0.1) is 0 Å². The van der Waals surface area contributed by atoms with Crippen molar-refractivity contribution in [1.29, 1.82) is 0 Å². The van der Waals surface area contributed by atoms with Gasteiger partial charge in [-0.1, -0.05) is 26.7 Å².